The van der Waals surface area contributed by atoms with Crippen LogP contribution >= 0.6 is 11.3 Å². The Morgan fingerprint density at radius 1 is 1.50 bits per heavy atom. The number of hydrogen-bond donors (Lipinski definition) is 2. The van der Waals surface area contributed by atoms with Gasteiger partial charge in [0.05, 0.1) is 5.92 Å². The summed E-state index contributed by atoms with van der Waals surface area (Å²) in [7, 11) is 0. The smallest absolute Gasteiger partial charge is 0.308 e. The normalized spacial score (nSPS) is 12.8. The van der Waals surface area contributed by atoms with Crippen LogP contribution in [-0.2, 0) is 9.59 Å². The summed E-state index contributed by atoms with van der Waals surface area (Å²) in [4.78, 5) is 23.4. The van der Waals surface area contributed by atoms with E-state index in [0.717, 1.165) is 4.88 Å². The van der Waals surface area contributed by atoms with Crippen molar-refractivity contribution in [3.05, 3.63) is 28.5 Å². The summed E-state index contributed by atoms with van der Waals surface area (Å²) in [5, 5.41) is 13.5. The molecule has 1 atom stereocenters. The summed E-state index contributed by atoms with van der Waals surface area (Å²) in [6.45, 7) is 3.81. The lowest BCUT2D eigenvalue weighted by Crippen LogP contribution is -2.34. The summed E-state index contributed by atoms with van der Waals surface area (Å²) in [6, 6.07) is 3.81. The quantitative estimate of drug-likeness (QED) is 0.777. The molecule has 0 bridgehead atoms. The number of carbonyl (C=O) groups excluding carboxylic acids is 1. The van der Waals surface area contributed by atoms with Crippen LogP contribution in [0, 0.1) is 11.8 Å². The van der Waals surface area contributed by atoms with Gasteiger partial charge in [-0.2, -0.15) is 0 Å². The molecule has 0 radical (unpaired) electrons. The van der Waals surface area contributed by atoms with Gasteiger partial charge in [0.15, 0.2) is 0 Å². The average Bonchev–Trinajstić information content (AvgIpc) is 2.78. The van der Waals surface area contributed by atoms with Crippen LogP contribution in [0.5, 0.6) is 0 Å². The zero-order chi connectivity index (χ0) is 13.5. The lowest BCUT2D eigenvalue weighted by Gasteiger charge is -2.15. The van der Waals surface area contributed by atoms with Gasteiger partial charge in [0.2, 0.25) is 5.91 Å². The highest BCUT2D eigenvalue weighted by Crippen LogP contribution is 2.11. The van der Waals surface area contributed by atoms with Crippen molar-refractivity contribution in [3.63, 3.8) is 0 Å². The third-order valence-electron chi connectivity index (χ3n) is 2.56. The number of carbonyl (C=O) groups is 2. The van der Waals surface area contributed by atoms with E-state index in [2.05, 4.69) is 5.32 Å². The van der Waals surface area contributed by atoms with E-state index in [1.54, 1.807) is 6.08 Å². The average molecular weight is 267 g/mol. The summed E-state index contributed by atoms with van der Waals surface area (Å²) in [5.74, 6) is -1.71. The fourth-order valence-electron chi connectivity index (χ4n) is 1.42. The van der Waals surface area contributed by atoms with E-state index in [4.69, 9.17) is 5.11 Å². The van der Waals surface area contributed by atoms with Crippen LogP contribution in [-0.4, -0.2) is 23.5 Å². The number of thiophene rings is 1. The van der Waals surface area contributed by atoms with Gasteiger partial charge in [-0.05, 0) is 23.4 Å². The van der Waals surface area contributed by atoms with Crippen molar-refractivity contribution in [3.8, 4) is 0 Å². The van der Waals surface area contributed by atoms with Crippen molar-refractivity contribution in [1.29, 1.82) is 0 Å². The van der Waals surface area contributed by atoms with Crippen LogP contribution in [0.25, 0.3) is 6.08 Å². The Hall–Kier alpha value is -1.62. The van der Waals surface area contributed by atoms with E-state index < -0.39 is 11.9 Å². The number of carboxylic acid groups (broad SMARTS) is 1. The van der Waals surface area contributed by atoms with Gasteiger partial charge in [-0.15, -0.1) is 11.3 Å². The lowest BCUT2D eigenvalue weighted by atomic mass is 9.96. The van der Waals surface area contributed by atoms with E-state index in [0.29, 0.717) is 0 Å². The first-order chi connectivity index (χ1) is 8.50. The van der Waals surface area contributed by atoms with E-state index in [1.165, 1.54) is 17.4 Å². The largest absolute Gasteiger partial charge is 0.481 e. The molecule has 1 unspecified atom stereocenters. The first-order valence-corrected chi connectivity index (χ1v) is 6.61. The summed E-state index contributed by atoms with van der Waals surface area (Å²) >= 11 is 1.54. The molecule has 0 saturated heterocycles. The van der Waals surface area contributed by atoms with E-state index in [9.17, 15) is 9.59 Å². The maximum absolute atomic E-state index is 11.5. The Morgan fingerprint density at radius 2 is 2.22 bits per heavy atom. The minimum absolute atomic E-state index is 0.0101. The third-order valence-corrected chi connectivity index (χ3v) is 3.40. The molecule has 0 spiro atoms. The molecule has 1 heterocycles. The minimum atomic E-state index is -0.882. The maximum atomic E-state index is 11.5. The predicted molar refractivity (Wildman–Crippen MR) is 72.3 cm³/mol. The number of rotatable bonds is 6. The first-order valence-electron chi connectivity index (χ1n) is 5.73. The zero-order valence-electron chi connectivity index (χ0n) is 10.4. The lowest BCUT2D eigenvalue weighted by molar-refractivity contribution is -0.143. The molecule has 2 N–H and O–H groups in total. The molecule has 1 aromatic heterocycles. The second kappa shape index (κ2) is 6.96. The Balaban J connectivity index is 2.43. The molecule has 18 heavy (non-hydrogen) atoms. The van der Waals surface area contributed by atoms with E-state index in [1.807, 2.05) is 31.4 Å². The fourth-order valence-corrected chi connectivity index (χ4v) is 2.04. The van der Waals surface area contributed by atoms with Gasteiger partial charge in [0.1, 0.15) is 0 Å². The van der Waals surface area contributed by atoms with Crippen LogP contribution < -0.4 is 5.32 Å². The Morgan fingerprint density at radius 3 is 2.72 bits per heavy atom. The number of amides is 1. The molecule has 0 saturated carbocycles. The molecule has 5 heteroatoms. The Labute approximate surface area is 110 Å². The molecule has 1 aromatic rings. The molecular formula is C13H17NO3S. The van der Waals surface area contributed by atoms with Crippen molar-refractivity contribution in [2.45, 2.75) is 13.8 Å². The van der Waals surface area contributed by atoms with E-state index >= 15 is 0 Å². The Bertz CT molecular complexity index is 423. The van der Waals surface area contributed by atoms with Crippen LogP contribution in [0.4, 0.5) is 0 Å². The van der Waals surface area contributed by atoms with Crippen molar-refractivity contribution >= 4 is 29.3 Å². The summed E-state index contributed by atoms with van der Waals surface area (Å²) < 4.78 is 0. The molecule has 0 aliphatic carbocycles. The summed E-state index contributed by atoms with van der Waals surface area (Å²) in [6.07, 6.45) is 3.14. The monoisotopic (exact) mass is 267 g/mol. The second-order valence-electron chi connectivity index (χ2n) is 4.28. The van der Waals surface area contributed by atoms with Crippen LogP contribution in [0.15, 0.2) is 23.6 Å². The van der Waals surface area contributed by atoms with Crippen molar-refractivity contribution < 1.29 is 14.7 Å². The molecule has 4 nitrogen and oxygen atoms in total. The molecule has 0 aliphatic rings. The van der Waals surface area contributed by atoms with Gasteiger partial charge in [0, 0.05) is 17.5 Å². The van der Waals surface area contributed by atoms with Crippen LogP contribution in [0.2, 0.25) is 0 Å². The molecule has 1 amide bonds. The third kappa shape index (κ3) is 4.71. The highest BCUT2D eigenvalue weighted by atomic mass is 32.1. The zero-order valence-corrected chi connectivity index (χ0v) is 11.2. The predicted octanol–water partition coefficient (Wildman–Crippen LogP) is 2.23. The second-order valence-corrected chi connectivity index (χ2v) is 5.26. The molecule has 0 aromatic carbocycles. The van der Waals surface area contributed by atoms with Gasteiger partial charge in [-0.3, -0.25) is 9.59 Å². The van der Waals surface area contributed by atoms with Gasteiger partial charge in [0.25, 0.3) is 0 Å². The van der Waals surface area contributed by atoms with Gasteiger partial charge < -0.3 is 10.4 Å². The van der Waals surface area contributed by atoms with Crippen LogP contribution in [0.3, 0.4) is 0 Å². The molecule has 0 aliphatic heterocycles. The minimum Gasteiger partial charge on any atom is -0.481 e. The van der Waals surface area contributed by atoms with Crippen molar-refractivity contribution in [1.82, 2.24) is 5.32 Å². The SMILES string of the molecule is CC(C)C(CNC(=O)C=Cc1cccs1)C(=O)O. The number of carboxylic acids is 1. The summed E-state index contributed by atoms with van der Waals surface area (Å²) in [5.41, 5.74) is 0. The van der Waals surface area contributed by atoms with Crippen molar-refractivity contribution in [2.75, 3.05) is 6.54 Å². The number of aliphatic carboxylic acids is 1. The standard InChI is InChI=1S/C13H17NO3S/c1-9(2)11(13(16)17)8-14-12(15)6-5-10-4-3-7-18-10/h3-7,9,11H,8H2,1-2H3,(H,14,15)(H,16,17). The van der Waals surface area contributed by atoms with E-state index in [-0.39, 0.29) is 18.4 Å². The molecule has 0 fully saturated rings. The van der Waals surface area contributed by atoms with Crippen LogP contribution in [0.1, 0.15) is 18.7 Å². The molecular weight excluding hydrogens is 250 g/mol. The topological polar surface area (TPSA) is 66.4 Å². The number of hydrogen-bond acceptors (Lipinski definition) is 3. The van der Waals surface area contributed by atoms with Gasteiger partial charge in [-0.1, -0.05) is 19.9 Å². The molecule has 98 valence electrons. The van der Waals surface area contributed by atoms with Crippen molar-refractivity contribution in [2.24, 2.45) is 11.8 Å². The number of nitrogens with one attached hydrogen (secondary N) is 1. The Kier molecular flexibility index (Phi) is 5.58. The highest BCUT2D eigenvalue weighted by molar-refractivity contribution is 7.10. The van der Waals surface area contributed by atoms with Gasteiger partial charge >= 0.3 is 5.97 Å². The maximum Gasteiger partial charge on any atom is 0.308 e. The first kappa shape index (κ1) is 14.4. The van der Waals surface area contributed by atoms with Gasteiger partial charge in [-0.25, -0.2) is 0 Å². The fraction of sp³-hybridized carbons (Fsp3) is 0.385. The molecule has 1 rings (SSSR count). The highest BCUT2D eigenvalue weighted by Gasteiger charge is 2.21.